The van der Waals surface area contributed by atoms with Gasteiger partial charge in [-0.05, 0) is 136 Å². The van der Waals surface area contributed by atoms with Gasteiger partial charge in [0.15, 0.2) is 11.5 Å². The van der Waals surface area contributed by atoms with E-state index in [1.54, 1.807) is 18.3 Å². The molecule has 3 N–H and O–H groups in total. The number of anilines is 1. The summed E-state index contributed by atoms with van der Waals surface area (Å²) in [7, 11) is 4.14. The summed E-state index contributed by atoms with van der Waals surface area (Å²) in [5.41, 5.74) is 3.76. The van der Waals surface area contributed by atoms with Crippen LogP contribution in [0.25, 0.3) is 0 Å². The van der Waals surface area contributed by atoms with E-state index in [4.69, 9.17) is 25.8 Å². The molecule has 4 aliphatic rings. The Labute approximate surface area is 306 Å². The van der Waals surface area contributed by atoms with Gasteiger partial charge in [0.05, 0.1) is 31.6 Å². The first-order chi connectivity index (χ1) is 24.5. The van der Waals surface area contributed by atoms with Crippen molar-refractivity contribution in [2.75, 3.05) is 45.8 Å². The highest BCUT2D eigenvalue weighted by atomic mass is 35.5. The third-order valence-corrected chi connectivity index (χ3v) is 12.2. The quantitative estimate of drug-likeness (QED) is 0.195. The fraction of sp³-hybridized carbons (Fsp3) is 0.561. The largest absolute Gasteiger partial charge is 0.493 e. The fourth-order valence-electron chi connectivity index (χ4n) is 9.40. The second kappa shape index (κ2) is 14.5. The van der Waals surface area contributed by atoms with Gasteiger partial charge >= 0.3 is 5.97 Å². The van der Waals surface area contributed by atoms with Crippen LogP contribution in [-0.2, 0) is 16.6 Å². The minimum Gasteiger partial charge on any atom is -0.493 e. The third kappa shape index (κ3) is 7.14. The van der Waals surface area contributed by atoms with Crippen LogP contribution in [0.1, 0.15) is 93.2 Å². The standard InChI is InChI=1S/C41H52ClN3O6/c1-25(22-49-34-10-15-43-38-33(46)9-8-26(2)37(34)38)16-29-17-28-18-35-36(51-24-27(23-50-35)21-45(3)4)20-32(28)40(29)11-13-41(14-12-40,39(47)48)44-31-7-5-6-30(42)19-31/h5-7,10,15,18-20,25-27,29,33,44,46H,8-9,11-14,16-17,21-24H2,1-4H3,(H,47,48)/t25-,26-,27?,29+,33-,40?,41?/m1/s1. The van der Waals surface area contributed by atoms with Gasteiger partial charge in [0.2, 0.25) is 0 Å². The van der Waals surface area contributed by atoms with Gasteiger partial charge in [-0.2, -0.15) is 0 Å². The monoisotopic (exact) mass is 717 g/mol. The van der Waals surface area contributed by atoms with Crippen molar-refractivity contribution >= 4 is 23.3 Å². The number of halogens is 1. The number of carbonyl (C=O) groups is 1. The molecule has 1 fully saturated rings. The number of aliphatic hydroxyl groups is 1. The lowest BCUT2D eigenvalue weighted by molar-refractivity contribution is -0.144. The van der Waals surface area contributed by atoms with E-state index in [0.717, 1.165) is 79.3 Å². The normalized spacial score (nSPS) is 28.8. The lowest BCUT2D eigenvalue weighted by atomic mass is 9.59. The number of aliphatic carboxylic acids is 1. The minimum absolute atomic E-state index is 0.208. The average Bonchev–Trinajstić information content (AvgIpc) is 3.22. The van der Waals surface area contributed by atoms with Gasteiger partial charge in [0.25, 0.3) is 0 Å². The van der Waals surface area contributed by atoms with Gasteiger partial charge in [0, 0.05) is 34.9 Å². The number of pyridine rings is 1. The first-order valence-corrected chi connectivity index (χ1v) is 19.0. The second-order valence-corrected chi connectivity index (χ2v) is 16.5. The van der Waals surface area contributed by atoms with E-state index in [0.29, 0.717) is 43.6 Å². The zero-order valence-electron chi connectivity index (χ0n) is 30.3. The molecule has 7 rings (SSSR count). The molecule has 0 radical (unpaired) electrons. The van der Waals surface area contributed by atoms with Gasteiger partial charge in [-0.25, -0.2) is 4.79 Å². The molecule has 9 nitrogen and oxygen atoms in total. The molecule has 51 heavy (non-hydrogen) atoms. The predicted molar refractivity (Wildman–Crippen MR) is 198 cm³/mol. The molecule has 1 spiro atoms. The first-order valence-electron chi connectivity index (χ1n) is 18.6. The maximum absolute atomic E-state index is 13.0. The van der Waals surface area contributed by atoms with Crippen LogP contribution in [0.15, 0.2) is 48.7 Å². The van der Waals surface area contributed by atoms with Crippen molar-refractivity contribution in [1.29, 1.82) is 0 Å². The van der Waals surface area contributed by atoms with Crippen molar-refractivity contribution in [3.8, 4) is 17.2 Å². The van der Waals surface area contributed by atoms with Gasteiger partial charge in [-0.3, -0.25) is 4.98 Å². The summed E-state index contributed by atoms with van der Waals surface area (Å²) < 4.78 is 19.3. The summed E-state index contributed by atoms with van der Waals surface area (Å²) >= 11 is 6.29. The number of ether oxygens (including phenoxy) is 3. The zero-order chi connectivity index (χ0) is 35.9. The van der Waals surface area contributed by atoms with E-state index in [1.807, 2.05) is 18.2 Å². The molecule has 2 aromatic carbocycles. The van der Waals surface area contributed by atoms with Crippen LogP contribution in [0.2, 0.25) is 5.02 Å². The van der Waals surface area contributed by atoms with E-state index in [9.17, 15) is 15.0 Å². The summed E-state index contributed by atoms with van der Waals surface area (Å²) in [5.74, 6) is 2.67. The van der Waals surface area contributed by atoms with Crippen molar-refractivity contribution in [2.24, 2.45) is 17.8 Å². The summed E-state index contributed by atoms with van der Waals surface area (Å²) in [6.07, 6.45) is 7.08. The Morgan fingerprint density at radius 1 is 1.10 bits per heavy atom. The predicted octanol–water partition coefficient (Wildman–Crippen LogP) is 7.64. The number of hydrogen-bond donors (Lipinski definition) is 3. The molecule has 1 saturated carbocycles. The van der Waals surface area contributed by atoms with E-state index >= 15 is 0 Å². The number of fused-ring (bicyclic) bond motifs is 4. The molecule has 5 atom stereocenters. The molecule has 274 valence electrons. The first kappa shape index (κ1) is 35.9. The lowest BCUT2D eigenvalue weighted by Gasteiger charge is -2.47. The Kier molecular flexibility index (Phi) is 10.2. The number of benzene rings is 2. The molecule has 0 amide bonds. The number of aliphatic hydroxyl groups excluding tert-OH is 1. The topological polar surface area (TPSA) is 113 Å². The van der Waals surface area contributed by atoms with Crippen LogP contribution < -0.4 is 19.5 Å². The van der Waals surface area contributed by atoms with Crippen LogP contribution in [0.5, 0.6) is 17.2 Å². The van der Waals surface area contributed by atoms with Crippen LogP contribution in [0.4, 0.5) is 5.69 Å². The molecule has 10 heteroatoms. The van der Waals surface area contributed by atoms with E-state index in [1.165, 1.54) is 11.1 Å². The maximum atomic E-state index is 13.0. The number of carboxylic acid groups (broad SMARTS) is 1. The van der Waals surface area contributed by atoms with Gasteiger partial charge < -0.3 is 34.6 Å². The highest BCUT2D eigenvalue weighted by Crippen LogP contribution is 2.58. The Balaban J connectivity index is 1.15. The summed E-state index contributed by atoms with van der Waals surface area (Å²) in [5, 5.41) is 25.2. The molecule has 3 aliphatic carbocycles. The molecule has 2 heterocycles. The van der Waals surface area contributed by atoms with Crippen molar-refractivity contribution in [2.45, 2.75) is 88.2 Å². The number of nitrogens with one attached hydrogen (secondary N) is 1. The van der Waals surface area contributed by atoms with Crippen molar-refractivity contribution in [1.82, 2.24) is 9.88 Å². The summed E-state index contributed by atoms with van der Waals surface area (Å²) in [6, 6.07) is 13.7. The van der Waals surface area contributed by atoms with Crippen LogP contribution in [-0.4, -0.2) is 72.1 Å². The summed E-state index contributed by atoms with van der Waals surface area (Å²) in [4.78, 5) is 19.7. The van der Waals surface area contributed by atoms with E-state index < -0.39 is 17.6 Å². The van der Waals surface area contributed by atoms with Gasteiger partial charge in [-0.1, -0.05) is 31.5 Å². The molecular weight excluding hydrogens is 666 g/mol. The Bertz CT molecular complexity index is 1740. The molecule has 1 aliphatic heterocycles. The number of nitrogens with zero attached hydrogens (tertiary/aromatic N) is 2. The Hall–Kier alpha value is -3.53. The molecule has 1 unspecified atom stereocenters. The fourth-order valence-corrected chi connectivity index (χ4v) is 9.59. The second-order valence-electron chi connectivity index (χ2n) is 16.0. The summed E-state index contributed by atoms with van der Waals surface area (Å²) in [6.45, 7) is 7.07. The van der Waals surface area contributed by atoms with Crippen LogP contribution in [0.3, 0.4) is 0 Å². The van der Waals surface area contributed by atoms with E-state index in [-0.39, 0.29) is 23.2 Å². The third-order valence-electron chi connectivity index (χ3n) is 12.0. The molecule has 3 aromatic rings. The number of hydrogen-bond acceptors (Lipinski definition) is 8. The highest BCUT2D eigenvalue weighted by molar-refractivity contribution is 6.30. The number of carboxylic acids is 1. The molecule has 0 saturated heterocycles. The smallest absolute Gasteiger partial charge is 0.329 e. The lowest BCUT2D eigenvalue weighted by Crippen LogP contribution is -2.53. The molecular formula is C41H52ClN3O6. The SMILES string of the molecule is C[C@@H](COc1ccnc2c1[C@H](C)CC[C@H]2O)C[C@H]1Cc2cc3c(cc2C12CCC(Nc1cccc(Cl)c1)(C(=O)O)CC2)OCC(CN(C)C)CO3. The molecule has 0 bridgehead atoms. The van der Waals surface area contributed by atoms with Gasteiger partial charge in [-0.15, -0.1) is 0 Å². The van der Waals surface area contributed by atoms with E-state index in [2.05, 4.69) is 55.3 Å². The Morgan fingerprint density at radius 2 is 1.84 bits per heavy atom. The van der Waals surface area contributed by atoms with Gasteiger partial charge in [0.1, 0.15) is 11.3 Å². The van der Waals surface area contributed by atoms with Crippen molar-refractivity contribution in [3.05, 3.63) is 76.1 Å². The number of rotatable bonds is 10. The van der Waals surface area contributed by atoms with Crippen LogP contribution in [0, 0.1) is 17.8 Å². The van der Waals surface area contributed by atoms with Crippen LogP contribution >= 0.6 is 11.6 Å². The highest BCUT2D eigenvalue weighted by Gasteiger charge is 2.54. The minimum atomic E-state index is -1.09. The Morgan fingerprint density at radius 3 is 2.55 bits per heavy atom. The average molecular weight is 718 g/mol. The maximum Gasteiger partial charge on any atom is 0.329 e. The van der Waals surface area contributed by atoms with Crippen molar-refractivity contribution in [3.63, 3.8) is 0 Å². The molecule has 1 aromatic heterocycles. The number of aromatic nitrogens is 1. The zero-order valence-corrected chi connectivity index (χ0v) is 31.0. The van der Waals surface area contributed by atoms with Crippen molar-refractivity contribution < 1.29 is 29.2 Å².